The summed E-state index contributed by atoms with van der Waals surface area (Å²) in [5.41, 5.74) is 0.0268. The molecule has 0 saturated carbocycles. The van der Waals surface area contributed by atoms with E-state index in [1.165, 1.54) is 12.1 Å². The molecule has 8 heteroatoms. The maximum atomic E-state index is 12.7. The van der Waals surface area contributed by atoms with Gasteiger partial charge in [0.25, 0.3) is 5.69 Å². The lowest BCUT2D eigenvalue weighted by Gasteiger charge is -2.45. The van der Waals surface area contributed by atoms with Crippen molar-refractivity contribution in [3.05, 3.63) is 57.6 Å². The van der Waals surface area contributed by atoms with Gasteiger partial charge in [-0.1, -0.05) is 0 Å². The second-order valence-electron chi connectivity index (χ2n) is 9.96. The van der Waals surface area contributed by atoms with Crippen molar-refractivity contribution in [1.82, 2.24) is 0 Å². The zero-order valence-electron chi connectivity index (χ0n) is 19.9. The van der Waals surface area contributed by atoms with Crippen LogP contribution in [0.4, 0.5) is 11.4 Å². The van der Waals surface area contributed by atoms with Crippen molar-refractivity contribution in [3.8, 4) is 17.2 Å². The summed E-state index contributed by atoms with van der Waals surface area (Å²) in [6.07, 6.45) is 3.70. The van der Waals surface area contributed by atoms with E-state index in [0.717, 1.165) is 17.0 Å². The van der Waals surface area contributed by atoms with Crippen LogP contribution < -0.4 is 19.1 Å². The molecule has 0 fully saturated rings. The van der Waals surface area contributed by atoms with E-state index in [2.05, 4.69) is 13.8 Å². The van der Waals surface area contributed by atoms with Gasteiger partial charge in [0.1, 0.15) is 5.75 Å². The minimum Gasteiger partial charge on any atom is -0.497 e. The highest BCUT2D eigenvalue weighted by Gasteiger charge is 2.58. The quantitative estimate of drug-likeness (QED) is 0.277. The lowest BCUT2D eigenvalue weighted by atomic mass is 9.76. The van der Waals surface area contributed by atoms with Crippen molar-refractivity contribution in [3.63, 3.8) is 0 Å². The Kier molecular flexibility index (Phi) is 4.96. The van der Waals surface area contributed by atoms with Crippen LogP contribution in [0.15, 0.2) is 36.4 Å². The van der Waals surface area contributed by atoms with Gasteiger partial charge in [0.2, 0.25) is 5.72 Å². The summed E-state index contributed by atoms with van der Waals surface area (Å²) >= 11 is 0. The van der Waals surface area contributed by atoms with Gasteiger partial charge in [-0.3, -0.25) is 14.9 Å². The smallest absolute Gasteiger partial charge is 0.316 e. The SMILES string of the molecule is COc1ccc2c(c1)C(C)(C)C1(C=Cc3cc([N+](=O)[O-])cc(OC(=O)C(C)(C)C)c3O1)N2C. The molecule has 1 spiro atoms. The number of hydrogen-bond acceptors (Lipinski definition) is 7. The van der Waals surface area contributed by atoms with Gasteiger partial charge in [-0.2, -0.15) is 0 Å². The Labute approximate surface area is 192 Å². The molecule has 4 rings (SSSR count). The van der Waals surface area contributed by atoms with Gasteiger partial charge in [-0.05, 0) is 70.5 Å². The van der Waals surface area contributed by atoms with Crippen LogP contribution in [0.25, 0.3) is 6.08 Å². The third-order valence-electron chi connectivity index (χ3n) is 6.47. The summed E-state index contributed by atoms with van der Waals surface area (Å²) in [7, 11) is 3.56. The third-order valence-corrected chi connectivity index (χ3v) is 6.47. The molecule has 0 aliphatic carbocycles. The number of esters is 1. The maximum Gasteiger partial charge on any atom is 0.316 e. The van der Waals surface area contributed by atoms with Gasteiger partial charge < -0.3 is 19.1 Å². The molecule has 2 aliphatic heterocycles. The second-order valence-corrected chi connectivity index (χ2v) is 9.96. The number of carbonyl (C=O) groups excluding carboxylic acids is 1. The minimum absolute atomic E-state index is 0.0283. The zero-order valence-corrected chi connectivity index (χ0v) is 19.9. The number of non-ortho nitro benzene ring substituents is 1. The maximum absolute atomic E-state index is 12.7. The summed E-state index contributed by atoms with van der Waals surface area (Å²) < 4.78 is 17.7. The van der Waals surface area contributed by atoms with Crippen LogP contribution in [0, 0.1) is 15.5 Å². The molecule has 0 saturated heterocycles. The lowest BCUT2D eigenvalue weighted by molar-refractivity contribution is -0.385. The predicted molar refractivity (Wildman–Crippen MR) is 125 cm³/mol. The Balaban J connectivity index is 1.86. The number of rotatable bonds is 3. The first-order valence-corrected chi connectivity index (χ1v) is 10.7. The topological polar surface area (TPSA) is 91.1 Å². The van der Waals surface area contributed by atoms with Gasteiger partial charge >= 0.3 is 5.97 Å². The second kappa shape index (κ2) is 7.23. The molecule has 0 radical (unpaired) electrons. The van der Waals surface area contributed by atoms with Crippen molar-refractivity contribution < 1.29 is 23.9 Å². The molecule has 33 heavy (non-hydrogen) atoms. The van der Waals surface area contributed by atoms with Gasteiger partial charge in [0.15, 0.2) is 11.5 Å². The molecule has 0 N–H and O–H groups in total. The Morgan fingerprint density at radius 1 is 1.18 bits per heavy atom. The number of nitrogens with zero attached hydrogens (tertiary/aromatic N) is 2. The van der Waals surface area contributed by atoms with Crippen molar-refractivity contribution in [2.75, 3.05) is 19.1 Å². The van der Waals surface area contributed by atoms with Crippen LogP contribution in [0.1, 0.15) is 45.7 Å². The highest BCUT2D eigenvalue weighted by molar-refractivity contribution is 5.81. The number of likely N-dealkylation sites (N-methyl/N-ethyl adjacent to an activating group) is 1. The average Bonchev–Trinajstić information content (AvgIpc) is 2.91. The van der Waals surface area contributed by atoms with E-state index >= 15 is 0 Å². The molecule has 8 nitrogen and oxygen atoms in total. The first kappa shape index (κ1) is 22.6. The number of benzene rings is 2. The highest BCUT2D eigenvalue weighted by atomic mass is 16.6. The van der Waals surface area contributed by atoms with E-state index in [1.54, 1.807) is 34.0 Å². The van der Waals surface area contributed by atoms with E-state index < -0.39 is 27.4 Å². The molecule has 174 valence electrons. The molecule has 0 amide bonds. The van der Waals surface area contributed by atoms with Crippen molar-refractivity contribution in [1.29, 1.82) is 0 Å². The Morgan fingerprint density at radius 2 is 1.88 bits per heavy atom. The van der Waals surface area contributed by atoms with Crippen molar-refractivity contribution in [2.24, 2.45) is 5.41 Å². The van der Waals surface area contributed by atoms with E-state index in [1.807, 2.05) is 36.2 Å². The monoisotopic (exact) mass is 452 g/mol. The fourth-order valence-electron chi connectivity index (χ4n) is 4.41. The number of ether oxygens (including phenoxy) is 3. The van der Waals surface area contributed by atoms with Crippen LogP contribution in [-0.2, 0) is 10.2 Å². The number of methoxy groups -OCH3 is 1. The van der Waals surface area contributed by atoms with E-state index in [4.69, 9.17) is 14.2 Å². The first-order valence-electron chi connectivity index (χ1n) is 10.7. The number of nitro benzene ring substituents is 1. The molecule has 2 aromatic carbocycles. The summed E-state index contributed by atoms with van der Waals surface area (Å²) in [5, 5.41) is 11.5. The van der Waals surface area contributed by atoms with Crippen LogP contribution in [0.2, 0.25) is 0 Å². The number of carbonyl (C=O) groups is 1. The van der Waals surface area contributed by atoms with Crippen LogP contribution in [0.5, 0.6) is 17.2 Å². The third kappa shape index (κ3) is 3.32. The number of nitro groups is 1. The average molecular weight is 453 g/mol. The van der Waals surface area contributed by atoms with Gasteiger partial charge in [0.05, 0.1) is 28.9 Å². The molecule has 2 heterocycles. The molecule has 1 atom stereocenters. The summed E-state index contributed by atoms with van der Waals surface area (Å²) in [4.78, 5) is 25.7. The summed E-state index contributed by atoms with van der Waals surface area (Å²) in [6, 6.07) is 8.53. The normalized spacial score (nSPS) is 20.2. The fraction of sp³-hybridized carbons (Fsp3) is 0.400. The predicted octanol–water partition coefficient (Wildman–Crippen LogP) is 5.08. The molecule has 0 bridgehead atoms. The minimum atomic E-state index is -0.951. The number of hydrogen-bond donors (Lipinski definition) is 0. The van der Waals surface area contributed by atoms with Crippen molar-refractivity contribution >= 4 is 23.4 Å². The van der Waals surface area contributed by atoms with E-state index in [0.29, 0.717) is 11.3 Å². The first-order chi connectivity index (χ1) is 15.3. The largest absolute Gasteiger partial charge is 0.497 e. The Morgan fingerprint density at radius 3 is 2.48 bits per heavy atom. The van der Waals surface area contributed by atoms with E-state index in [9.17, 15) is 14.9 Å². The van der Waals surface area contributed by atoms with Crippen LogP contribution in [0.3, 0.4) is 0 Å². The zero-order chi connectivity index (χ0) is 24.3. The summed E-state index contributed by atoms with van der Waals surface area (Å²) in [6.45, 7) is 9.30. The summed E-state index contributed by atoms with van der Waals surface area (Å²) in [5.74, 6) is 0.549. The highest BCUT2D eigenvalue weighted by Crippen LogP contribution is 2.56. The Bertz CT molecular complexity index is 1190. The van der Waals surface area contributed by atoms with Gasteiger partial charge in [-0.15, -0.1) is 0 Å². The van der Waals surface area contributed by atoms with Gasteiger partial charge in [-0.25, -0.2) is 0 Å². The molecular weight excluding hydrogens is 424 g/mol. The molecule has 2 aliphatic rings. The van der Waals surface area contributed by atoms with Crippen LogP contribution in [-0.4, -0.2) is 30.8 Å². The fourth-order valence-corrected chi connectivity index (χ4v) is 4.41. The standard InChI is InChI=1S/C25H28N2O6/c1-23(2,3)22(28)32-20-13-16(27(29)30)12-15-10-11-25(33-21(15)20)24(4,5)18-14-17(31-7)8-9-19(18)26(25)6/h8-14H,1-7H3. The molecule has 1 unspecified atom stereocenters. The molecular formula is C25H28N2O6. The number of fused-ring (bicyclic) bond motifs is 2. The van der Waals surface area contributed by atoms with Gasteiger partial charge in [0, 0.05) is 24.4 Å². The Hall–Kier alpha value is -3.55. The molecule has 2 aromatic rings. The lowest BCUT2D eigenvalue weighted by Crippen LogP contribution is -2.58. The van der Waals surface area contributed by atoms with E-state index in [-0.39, 0.29) is 11.4 Å². The molecule has 0 aromatic heterocycles. The number of anilines is 1. The van der Waals surface area contributed by atoms with Crippen LogP contribution >= 0.6 is 0 Å². The van der Waals surface area contributed by atoms with Crippen molar-refractivity contribution in [2.45, 2.75) is 45.8 Å².